The van der Waals surface area contributed by atoms with Crippen LogP contribution in [0.15, 0.2) is 58.0 Å². The van der Waals surface area contributed by atoms with E-state index in [1.165, 1.54) is 6.33 Å². The molecule has 0 aliphatic rings. The van der Waals surface area contributed by atoms with Crippen molar-refractivity contribution in [3.63, 3.8) is 0 Å². The van der Waals surface area contributed by atoms with Gasteiger partial charge in [0.1, 0.15) is 6.33 Å². The molecule has 2 heterocycles. The lowest BCUT2D eigenvalue weighted by molar-refractivity contribution is 0.102. The number of anilines is 1. The second-order valence-electron chi connectivity index (χ2n) is 5.07. The highest BCUT2D eigenvalue weighted by molar-refractivity contribution is 6.08. The van der Waals surface area contributed by atoms with Gasteiger partial charge >= 0.3 is 5.76 Å². The van der Waals surface area contributed by atoms with Crippen LogP contribution in [-0.4, -0.2) is 26.1 Å². The molecule has 3 N–H and O–H groups in total. The number of carbonyl (C=O) groups excluding carboxylic acids is 1. The number of hydrogen-bond acceptors (Lipinski definition) is 5. The highest BCUT2D eigenvalue weighted by Crippen LogP contribution is 2.22. The number of para-hydroxylation sites is 1. The first kappa shape index (κ1) is 13.9. The van der Waals surface area contributed by atoms with Crippen molar-refractivity contribution in [1.29, 1.82) is 0 Å². The van der Waals surface area contributed by atoms with Gasteiger partial charge in [-0.25, -0.2) is 9.78 Å². The van der Waals surface area contributed by atoms with Gasteiger partial charge < -0.3 is 9.73 Å². The van der Waals surface area contributed by atoms with E-state index in [9.17, 15) is 9.59 Å². The fourth-order valence-corrected chi connectivity index (χ4v) is 2.42. The highest BCUT2D eigenvalue weighted by atomic mass is 16.4. The van der Waals surface area contributed by atoms with Crippen molar-refractivity contribution in [3.05, 3.63) is 64.9 Å². The smallest absolute Gasteiger partial charge is 0.406 e. The summed E-state index contributed by atoms with van der Waals surface area (Å²) < 4.78 is 5.07. The second-order valence-corrected chi connectivity index (χ2v) is 5.07. The lowest BCUT2D eigenvalue weighted by Gasteiger charge is -2.06. The van der Waals surface area contributed by atoms with Gasteiger partial charge in [0, 0.05) is 11.1 Å². The van der Waals surface area contributed by atoms with Crippen molar-refractivity contribution in [2.75, 3.05) is 5.32 Å². The molecule has 0 atom stereocenters. The van der Waals surface area contributed by atoms with Crippen molar-refractivity contribution in [2.45, 2.75) is 0 Å². The van der Waals surface area contributed by atoms with Crippen LogP contribution in [0.1, 0.15) is 10.4 Å². The zero-order chi connectivity index (χ0) is 16.5. The molecular weight excluding hydrogens is 310 g/mol. The van der Waals surface area contributed by atoms with E-state index in [1.807, 2.05) is 6.07 Å². The van der Waals surface area contributed by atoms with Gasteiger partial charge in [0.05, 0.1) is 11.2 Å². The second kappa shape index (κ2) is 5.51. The highest BCUT2D eigenvalue weighted by Gasteiger charge is 2.12. The van der Waals surface area contributed by atoms with Crippen LogP contribution in [0, 0.1) is 0 Å². The van der Waals surface area contributed by atoms with Gasteiger partial charge in [0.2, 0.25) is 0 Å². The van der Waals surface area contributed by atoms with Crippen LogP contribution in [0.4, 0.5) is 5.69 Å². The summed E-state index contributed by atoms with van der Waals surface area (Å²) in [5.74, 6) is -0.324. The minimum Gasteiger partial charge on any atom is -0.406 e. The number of fused-ring (bicyclic) bond motifs is 1. The normalized spacial score (nSPS) is 10.8. The van der Waals surface area contributed by atoms with E-state index in [2.05, 4.69) is 25.5 Å². The summed E-state index contributed by atoms with van der Waals surface area (Å²) in [6.45, 7) is 0. The van der Waals surface area contributed by atoms with E-state index < -0.39 is 5.76 Å². The van der Waals surface area contributed by atoms with E-state index in [4.69, 9.17) is 4.42 Å². The fourth-order valence-electron chi connectivity index (χ4n) is 2.42. The van der Waals surface area contributed by atoms with E-state index in [0.717, 1.165) is 5.56 Å². The summed E-state index contributed by atoms with van der Waals surface area (Å²) in [5.41, 5.74) is 2.43. The number of H-pyrrole nitrogens is 2. The van der Waals surface area contributed by atoms with Crippen LogP contribution in [0.5, 0.6) is 0 Å². The third-order valence-corrected chi connectivity index (χ3v) is 3.51. The van der Waals surface area contributed by atoms with Crippen molar-refractivity contribution < 1.29 is 9.21 Å². The van der Waals surface area contributed by atoms with Crippen LogP contribution in [0.3, 0.4) is 0 Å². The lowest BCUT2D eigenvalue weighted by Crippen LogP contribution is -2.12. The average Bonchev–Trinajstić information content (AvgIpc) is 3.24. The Morgan fingerprint density at radius 3 is 2.88 bits per heavy atom. The number of oxazole rings is 1. The van der Waals surface area contributed by atoms with Crippen LogP contribution in [-0.2, 0) is 0 Å². The Balaban J connectivity index is 1.67. The lowest BCUT2D eigenvalue weighted by atomic mass is 10.1. The number of benzene rings is 2. The Kier molecular flexibility index (Phi) is 3.20. The molecule has 0 spiro atoms. The monoisotopic (exact) mass is 321 g/mol. The maximum absolute atomic E-state index is 12.5. The van der Waals surface area contributed by atoms with Gasteiger partial charge in [-0.2, -0.15) is 5.10 Å². The Morgan fingerprint density at radius 1 is 1.17 bits per heavy atom. The number of nitrogens with zero attached hydrogens (tertiary/aromatic N) is 2. The maximum Gasteiger partial charge on any atom is 0.417 e. The molecule has 0 saturated carbocycles. The Bertz CT molecular complexity index is 1080. The minimum atomic E-state index is -0.570. The largest absolute Gasteiger partial charge is 0.417 e. The molecule has 0 unspecified atom stereocenters. The standard InChI is InChI=1S/C16H11N5O3/c22-15(10-4-1-3-9(7-10)14-17-8-18-21-14)19-11-5-2-6-12-13(11)24-16(23)20-12/h1-8H,(H,19,22)(H,20,23)(H,17,18,21). The molecule has 0 fully saturated rings. The summed E-state index contributed by atoms with van der Waals surface area (Å²) in [6.07, 6.45) is 1.40. The first-order valence-electron chi connectivity index (χ1n) is 7.10. The summed E-state index contributed by atoms with van der Waals surface area (Å²) in [6, 6.07) is 12.0. The molecule has 0 aliphatic heterocycles. The van der Waals surface area contributed by atoms with Crippen molar-refractivity contribution in [1.82, 2.24) is 20.2 Å². The van der Waals surface area contributed by atoms with E-state index in [-0.39, 0.29) is 5.91 Å². The van der Waals surface area contributed by atoms with Gasteiger partial charge in [0.25, 0.3) is 5.91 Å². The molecule has 1 amide bonds. The first-order valence-corrected chi connectivity index (χ1v) is 7.10. The Labute approximate surface area is 134 Å². The predicted octanol–water partition coefficient (Wildman–Crippen LogP) is 2.16. The topological polar surface area (TPSA) is 117 Å². The summed E-state index contributed by atoms with van der Waals surface area (Å²) >= 11 is 0. The molecule has 0 bridgehead atoms. The number of amides is 1. The number of carbonyl (C=O) groups is 1. The summed E-state index contributed by atoms with van der Waals surface area (Å²) in [4.78, 5) is 30.4. The number of aromatic nitrogens is 4. The zero-order valence-electron chi connectivity index (χ0n) is 12.2. The van der Waals surface area contributed by atoms with Crippen LogP contribution in [0.2, 0.25) is 0 Å². The number of aromatic amines is 2. The quantitative estimate of drug-likeness (QED) is 0.534. The summed E-state index contributed by atoms with van der Waals surface area (Å²) in [7, 11) is 0. The zero-order valence-corrected chi connectivity index (χ0v) is 12.2. The average molecular weight is 321 g/mol. The van der Waals surface area contributed by atoms with Gasteiger partial charge in [-0.05, 0) is 24.3 Å². The van der Waals surface area contributed by atoms with E-state index in [0.29, 0.717) is 28.2 Å². The Morgan fingerprint density at radius 2 is 2.04 bits per heavy atom. The molecule has 8 nitrogen and oxygen atoms in total. The molecule has 2 aromatic heterocycles. The molecule has 4 rings (SSSR count). The first-order chi connectivity index (χ1) is 11.7. The van der Waals surface area contributed by atoms with E-state index in [1.54, 1.807) is 36.4 Å². The van der Waals surface area contributed by atoms with Crippen molar-refractivity contribution in [2.24, 2.45) is 0 Å². The maximum atomic E-state index is 12.5. The number of rotatable bonds is 3. The molecule has 0 saturated heterocycles. The molecule has 4 aromatic rings. The molecule has 8 heteroatoms. The molecule has 0 aliphatic carbocycles. The minimum absolute atomic E-state index is 0.308. The third kappa shape index (κ3) is 2.45. The third-order valence-electron chi connectivity index (χ3n) is 3.51. The van der Waals surface area contributed by atoms with Crippen LogP contribution >= 0.6 is 0 Å². The molecule has 0 radical (unpaired) electrons. The number of nitrogens with one attached hydrogen (secondary N) is 3. The van der Waals surface area contributed by atoms with Gasteiger partial charge in [-0.1, -0.05) is 18.2 Å². The fraction of sp³-hybridized carbons (Fsp3) is 0. The van der Waals surface area contributed by atoms with Gasteiger partial charge in [0.15, 0.2) is 11.4 Å². The molecule has 118 valence electrons. The van der Waals surface area contributed by atoms with Gasteiger partial charge in [-0.3, -0.25) is 14.9 Å². The van der Waals surface area contributed by atoms with Crippen LogP contribution in [0.25, 0.3) is 22.5 Å². The number of hydrogen-bond donors (Lipinski definition) is 3. The van der Waals surface area contributed by atoms with E-state index >= 15 is 0 Å². The molecule has 24 heavy (non-hydrogen) atoms. The molecular formula is C16H11N5O3. The SMILES string of the molecule is O=C(Nc1cccc2[nH]c(=O)oc12)c1cccc(-c2ncn[nH]2)c1. The predicted molar refractivity (Wildman–Crippen MR) is 86.6 cm³/mol. The van der Waals surface area contributed by atoms with Crippen LogP contribution < -0.4 is 11.1 Å². The van der Waals surface area contributed by atoms with Gasteiger partial charge in [-0.15, -0.1) is 0 Å². The molecule has 2 aromatic carbocycles. The summed E-state index contributed by atoms with van der Waals surface area (Å²) in [5, 5.41) is 9.29. The van der Waals surface area contributed by atoms with Crippen molar-refractivity contribution >= 4 is 22.7 Å². The van der Waals surface area contributed by atoms with Crippen molar-refractivity contribution in [3.8, 4) is 11.4 Å². The Hall–Kier alpha value is -3.68.